The Morgan fingerprint density at radius 2 is 2.16 bits per heavy atom. The predicted molar refractivity (Wildman–Crippen MR) is 77.8 cm³/mol. The first-order chi connectivity index (χ1) is 9.42. The minimum Gasteiger partial charge on any atom is -0.347 e. The van der Waals surface area contributed by atoms with Crippen LogP contribution in [0.1, 0.15) is 6.42 Å². The van der Waals surface area contributed by atoms with Crippen molar-refractivity contribution in [3.05, 3.63) is 48.2 Å². The molecule has 0 saturated heterocycles. The summed E-state index contributed by atoms with van der Waals surface area (Å²) < 4.78 is 0. The molecule has 2 aliphatic carbocycles. The van der Waals surface area contributed by atoms with Gasteiger partial charge < -0.3 is 10.6 Å². The lowest BCUT2D eigenvalue weighted by Crippen LogP contribution is -2.47. The Morgan fingerprint density at radius 3 is 3.05 bits per heavy atom. The third-order valence-corrected chi connectivity index (χ3v) is 4.46. The largest absolute Gasteiger partial charge is 0.347 e. The van der Waals surface area contributed by atoms with Crippen molar-refractivity contribution in [3.8, 4) is 0 Å². The maximum absolute atomic E-state index is 5.00. The van der Waals surface area contributed by atoms with Gasteiger partial charge in [0.25, 0.3) is 0 Å². The van der Waals surface area contributed by atoms with Gasteiger partial charge in [-0.25, -0.2) is 0 Å². The maximum atomic E-state index is 5.00. The molecule has 0 saturated carbocycles. The summed E-state index contributed by atoms with van der Waals surface area (Å²) in [6.45, 7) is 1.97. The van der Waals surface area contributed by atoms with E-state index < -0.39 is 0 Å². The zero-order chi connectivity index (χ0) is 12.7. The minimum atomic E-state index is 0.394. The number of aliphatic imine (C=N–C) groups is 1. The Bertz CT molecular complexity index is 524. The van der Waals surface area contributed by atoms with Crippen LogP contribution in [0, 0.1) is 17.8 Å². The molecular weight excluding hydrogens is 234 g/mol. The van der Waals surface area contributed by atoms with E-state index in [0.717, 1.165) is 25.3 Å². The summed E-state index contributed by atoms with van der Waals surface area (Å²) in [7, 11) is 0. The van der Waals surface area contributed by atoms with Gasteiger partial charge in [0.15, 0.2) is 0 Å². The molecule has 0 spiro atoms. The highest BCUT2D eigenvalue weighted by Gasteiger charge is 2.37. The fourth-order valence-electron chi connectivity index (χ4n) is 3.51. The van der Waals surface area contributed by atoms with Crippen LogP contribution in [0.2, 0.25) is 0 Å². The normalized spacial score (nSPS) is 39.2. The van der Waals surface area contributed by atoms with E-state index in [0.29, 0.717) is 23.8 Å². The van der Waals surface area contributed by atoms with Gasteiger partial charge in [-0.3, -0.25) is 4.99 Å². The van der Waals surface area contributed by atoms with Gasteiger partial charge in [0, 0.05) is 36.5 Å². The number of allylic oxidation sites excluding steroid dienone is 4. The molecule has 0 aromatic heterocycles. The van der Waals surface area contributed by atoms with E-state index in [1.807, 2.05) is 0 Å². The van der Waals surface area contributed by atoms with Crippen LogP contribution in [0.5, 0.6) is 0 Å². The van der Waals surface area contributed by atoms with E-state index in [1.165, 1.54) is 5.70 Å². The summed E-state index contributed by atoms with van der Waals surface area (Å²) in [5.74, 6) is 2.59. The molecule has 4 aliphatic rings. The van der Waals surface area contributed by atoms with Crippen LogP contribution in [0.3, 0.4) is 0 Å². The number of hydrogen-bond acceptors (Lipinski definition) is 3. The Labute approximate surface area is 113 Å². The molecule has 98 valence electrons. The molecule has 4 atom stereocenters. The van der Waals surface area contributed by atoms with Gasteiger partial charge in [-0.05, 0) is 12.5 Å². The first-order valence-corrected chi connectivity index (χ1v) is 7.19. The quantitative estimate of drug-likeness (QED) is 0.699. The number of amidine groups is 1. The van der Waals surface area contributed by atoms with Crippen LogP contribution in [0.4, 0.5) is 0 Å². The Balaban J connectivity index is 1.69. The van der Waals surface area contributed by atoms with Crippen LogP contribution in [0.25, 0.3) is 0 Å². The molecule has 3 nitrogen and oxygen atoms in total. The summed E-state index contributed by atoms with van der Waals surface area (Å²) in [4.78, 5) is 5.00. The Morgan fingerprint density at radius 1 is 1.16 bits per heavy atom. The molecule has 0 bridgehead atoms. The van der Waals surface area contributed by atoms with Crippen LogP contribution in [-0.4, -0.2) is 25.0 Å². The fraction of sp³-hybridized carbons (Fsp3) is 0.438. The molecule has 2 aliphatic heterocycles. The van der Waals surface area contributed by atoms with Crippen molar-refractivity contribution in [2.75, 3.05) is 13.1 Å². The highest BCUT2D eigenvalue weighted by molar-refractivity contribution is 5.89. The van der Waals surface area contributed by atoms with Gasteiger partial charge in [0.1, 0.15) is 5.84 Å². The van der Waals surface area contributed by atoms with Gasteiger partial charge in [0.05, 0.1) is 6.04 Å². The Hall–Kier alpha value is -1.61. The van der Waals surface area contributed by atoms with E-state index in [2.05, 4.69) is 53.2 Å². The van der Waals surface area contributed by atoms with Gasteiger partial charge in [0.2, 0.25) is 0 Å². The molecule has 4 rings (SSSR count). The highest BCUT2D eigenvalue weighted by atomic mass is 15.1. The van der Waals surface area contributed by atoms with Crippen molar-refractivity contribution in [2.45, 2.75) is 12.5 Å². The maximum Gasteiger partial charge on any atom is 0.109 e. The lowest BCUT2D eigenvalue weighted by atomic mass is 9.75. The van der Waals surface area contributed by atoms with Crippen molar-refractivity contribution in [2.24, 2.45) is 22.7 Å². The molecule has 0 fully saturated rings. The number of nitrogens with one attached hydrogen (secondary N) is 2. The van der Waals surface area contributed by atoms with Crippen molar-refractivity contribution in [1.82, 2.24) is 10.6 Å². The van der Waals surface area contributed by atoms with Gasteiger partial charge in [-0.2, -0.15) is 0 Å². The second-order valence-corrected chi connectivity index (χ2v) is 5.67. The average Bonchev–Trinajstić information content (AvgIpc) is 2.49. The van der Waals surface area contributed by atoms with E-state index in [-0.39, 0.29) is 0 Å². The van der Waals surface area contributed by atoms with E-state index in [4.69, 9.17) is 4.99 Å². The van der Waals surface area contributed by atoms with Crippen LogP contribution in [-0.2, 0) is 0 Å². The number of nitrogens with zero attached hydrogens (tertiary/aromatic N) is 1. The van der Waals surface area contributed by atoms with Crippen LogP contribution < -0.4 is 10.6 Å². The van der Waals surface area contributed by atoms with Crippen LogP contribution >= 0.6 is 0 Å². The Kier molecular flexibility index (Phi) is 2.66. The SMILES string of the molecule is C1=CC2C=CCC3N=C(C4C=CCNC4)NC(=C1)C23. The summed E-state index contributed by atoms with van der Waals surface area (Å²) in [6, 6.07) is 0.415. The highest BCUT2D eigenvalue weighted by Crippen LogP contribution is 2.38. The van der Waals surface area contributed by atoms with Crippen molar-refractivity contribution < 1.29 is 0 Å². The van der Waals surface area contributed by atoms with E-state index >= 15 is 0 Å². The molecular formula is C16H19N3. The topological polar surface area (TPSA) is 36.4 Å². The molecule has 0 aromatic rings. The van der Waals surface area contributed by atoms with E-state index in [1.54, 1.807) is 0 Å². The molecule has 19 heavy (non-hydrogen) atoms. The molecule has 0 radical (unpaired) electrons. The second kappa shape index (κ2) is 4.49. The first kappa shape index (κ1) is 11.2. The summed E-state index contributed by atoms with van der Waals surface area (Å²) in [6.07, 6.45) is 16.9. The third-order valence-electron chi connectivity index (χ3n) is 4.46. The van der Waals surface area contributed by atoms with Crippen molar-refractivity contribution >= 4 is 5.84 Å². The molecule has 0 amide bonds. The zero-order valence-electron chi connectivity index (χ0n) is 10.9. The monoisotopic (exact) mass is 253 g/mol. The van der Waals surface area contributed by atoms with E-state index in [9.17, 15) is 0 Å². The van der Waals surface area contributed by atoms with Gasteiger partial charge in [-0.15, -0.1) is 0 Å². The standard InChI is InChI=1S/C16H19N3/c1-4-11-5-2-8-14-15(11)13(7-1)18-16(19-14)12-6-3-9-17-10-12/h1-7,11-12,14-15,17H,8-10H2,(H,18,19). The van der Waals surface area contributed by atoms with Gasteiger partial charge >= 0.3 is 0 Å². The number of hydrogen-bond donors (Lipinski definition) is 2. The smallest absolute Gasteiger partial charge is 0.109 e. The molecule has 0 aromatic carbocycles. The summed E-state index contributed by atoms with van der Waals surface area (Å²) >= 11 is 0. The van der Waals surface area contributed by atoms with Crippen molar-refractivity contribution in [1.29, 1.82) is 0 Å². The van der Waals surface area contributed by atoms with Gasteiger partial charge in [-0.1, -0.05) is 36.5 Å². The average molecular weight is 253 g/mol. The zero-order valence-corrected chi connectivity index (χ0v) is 10.9. The minimum absolute atomic E-state index is 0.394. The predicted octanol–water partition coefficient (Wildman–Crippen LogP) is 1.78. The molecule has 2 heterocycles. The lowest BCUT2D eigenvalue weighted by Gasteiger charge is -2.40. The summed E-state index contributed by atoms with van der Waals surface area (Å²) in [5.41, 5.74) is 1.35. The third kappa shape index (κ3) is 1.89. The first-order valence-electron chi connectivity index (χ1n) is 7.19. The molecule has 4 unspecified atom stereocenters. The number of rotatable bonds is 1. The van der Waals surface area contributed by atoms with Crippen molar-refractivity contribution in [3.63, 3.8) is 0 Å². The summed E-state index contributed by atoms with van der Waals surface area (Å²) in [5, 5.41) is 6.99. The fourth-order valence-corrected chi connectivity index (χ4v) is 3.51. The molecule has 3 heteroatoms. The second-order valence-electron chi connectivity index (χ2n) is 5.67. The molecule has 2 N–H and O–H groups in total. The lowest BCUT2D eigenvalue weighted by molar-refractivity contribution is 0.376. The van der Waals surface area contributed by atoms with Crippen LogP contribution in [0.15, 0.2) is 53.2 Å².